The summed E-state index contributed by atoms with van der Waals surface area (Å²) >= 11 is 0. The fourth-order valence-electron chi connectivity index (χ4n) is 1.38. The Morgan fingerprint density at radius 1 is 1.37 bits per heavy atom. The fourth-order valence-corrected chi connectivity index (χ4v) is 1.38. The standard InChI is InChI=1S/C13H21N3O3/c1-13(2,3)19-12(17)8-14-11-7-10(5-6-18-4)15-9-16-11/h7,9H,5-6,8H2,1-4H3,(H,14,15,16). The van der Waals surface area contributed by atoms with Crippen molar-refractivity contribution in [3.63, 3.8) is 0 Å². The first-order chi connectivity index (χ1) is 8.90. The van der Waals surface area contributed by atoms with Crippen LogP contribution in [-0.4, -0.2) is 41.8 Å². The number of anilines is 1. The highest BCUT2D eigenvalue weighted by atomic mass is 16.6. The molecule has 0 saturated carbocycles. The van der Waals surface area contributed by atoms with Crippen LogP contribution in [0.3, 0.4) is 0 Å². The fraction of sp³-hybridized carbons (Fsp3) is 0.615. The van der Waals surface area contributed by atoms with Gasteiger partial charge in [-0.1, -0.05) is 0 Å². The van der Waals surface area contributed by atoms with E-state index in [0.29, 0.717) is 18.8 Å². The average Bonchev–Trinajstić information content (AvgIpc) is 2.32. The van der Waals surface area contributed by atoms with Crippen LogP contribution in [0.5, 0.6) is 0 Å². The number of hydrogen-bond acceptors (Lipinski definition) is 6. The summed E-state index contributed by atoms with van der Waals surface area (Å²) in [6.45, 7) is 6.18. The number of aromatic nitrogens is 2. The molecule has 0 radical (unpaired) electrons. The van der Waals surface area contributed by atoms with E-state index in [1.54, 1.807) is 13.2 Å². The topological polar surface area (TPSA) is 73.3 Å². The maximum absolute atomic E-state index is 11.5. The first-order valence-electron chi connectivity index (χ1n) is 6.16. The minimum absolute atomic E-state index is 0.0814. The van der Waals surface area contributed by atoms with E-state index in [-0.39, 0.29) is 12.5 Å². The Bertz CT molecular complexity index is 416. The number of ether oxygens (including phenoxy) is 2. The molecule has 1 heterocycles. The van der Waals surface area contributed by atoms with Gasteiger partial charge in [-0.25, -0.2) is 9.97 Å². The van der Waals surface area contributed by atoms with Gasteiger partial charge in [0.2, 0.25) is 0 Å². The molecule has 0 amide bonds. The van der Waals surface area contributed by atoms with E-state index >= 15 is 0 Å². The summed E-state index contributed by atoms with van der Waals surface area (Å²) in [7, 11) is 1.64. The number of rotatable bonds is 6. The van der Waals surface area contributed by atoms with Crippen LogP contribution in [0.25, 0.3) is 0 Å². The van der Waals surface area contributed by atoms with Gasteiger partial charge in [0.1, 0.15) is 24.3 Å². The molecule has 0 bridgehead atoms. The Labute approximate surface area is 113 Å². The van der Waals surface area contributed by atoms with Gasteiger partial charge in [-0.2, -0.15) is 0 Å². The maximum atomic E-state index is 11.5. The maximum Gasteiger partial charge on any atom is 0.325 e. The lowest BCUT2D eigenvalue weighted by Gasteiger charge is -2.19. The molecule has 0 aromatic carbocycles. The predicted octanol–water partition coefficient (Wildman–Crippen LogP) is 1.42. The molecule has 0 atom stereocenters. The number of methoxy groups -OCH3 is 1. The van der Waals surface area contributed by atoms with Crippen LogP contribution in [0.1, 0.15) is 26.5 Å². The molecule has 0 aliphatic carbocycles. The molecular weight excluding hydrogens is 246 g/mol. The zero-order valence-corrected chi connectivity index (χ0v) is 11.9. The number of nitrogens with zero attached hydrogens (tertiary/aromatic N) is 2. The van der Waals surface area contributed by atoms with Crippen molar-refractivity contribution in [2.45, 2.75) is 32.8 Å². The van der Waals surface area contributed by atoms with E-state index in [1.807, 2.05) is 20.8 Å². The largest absolute Gasteiger partial charge is 0.459 e. The molecule has 6 nitrogen and oxygen atoms in total. The molecule has 0 spiro atoms. The lowest BCUT2D eigenvalue weighted by Crippen LogP contribution is -2.28. The van der Waals surface area contributed by atoms with Crippen LogP contribution in [0, 0.1) is 0 Å². The second kappa shape index (κ2) is 7.04. The summed E-state index contributed by atoms with van der Waals surface area (Å²) in [6.07, 6.45) is 2.17. The molecule has 0 fully saturated rings. The molecule has 6 heteroatoms. The summed E-state index contributed by atoms with van der Waals surface area (Å²) in [6, 6.07) is 1.80. The van der Waals surface area contributed by atoms with Gasteiger partial charge < -0.3 is 14.8 Å². The molecule has 1 aromatic heterocycles. The van der Waals surface area contributed by atoms with Gasteiger partial charge in [0.25, 0.3) is 0 Å². The van der Waals surface area contributed by atoms with Gasteiger partial charge in [-0.05, 0) is 20.8 Å². The van der Waals surface area contributed by atoms with Crippen molar-refractivity contribution in [2.75, 3.05) is 25.6 Å². The van der Waals surface area contributed by atoms with Crippen molar-refractivity contribution in [1.29, 1.82) is 0 Å². The minimum Gasteiger partial charge on any atom is -0.459 e. The van der Waals surface area contributed by atoms with Gasteiger partial charge in [0.05, 0.1) is 6.61 Å². The number of hydrogen-bond donors (Lipinski definition) is 1. The average molecular weight is 267 g/mol. The van der Waals surface area contributed by atoms with Gasteiger partial charge in [0.15, 0.2) is 0 Å². The van der Waals surface area contributed by atoms with E-state index in [0.717, 1.165) is 5.69 Å². The number of carbonyl (C=O) groups excluding carboxylic acids is 1. The van der Waals surface area contributed by atoms with Crippen molar-refractivity contribution >= 4 is 11.8 Å². The Balaban J connectivity index is 2.46. The first-order valence-corrected chi connectivity index (χ1v) is 6.16. The van der Waals surface area contributed by atoms with Crippen molar-refractivity contribution in [3.05, 3.63) is 18.1 Å². The molecule has 0 saturated heterocycles. The molecular formula is C13H21N3O3. The quantitative estimate of drug-likeness (QED) is 0.786. The van der Waals surface area contributed by atoms with Crippen molar-refractivity contribution in [2.24, 2.45) is 0 Å². The Morgan fingerprint density at radius 2 is 2.11 bits per heavy atom. The van der Waals surface area contributed by atoms with Crippen molar-refractivity contribution in [3.8, 4) is 0 Å². The first kappa shape index (κ1) is 15.4. The summed E-state index contributed by atoms with van der Waals surface area (Å²) in [5.74, 6) is 0.288. The van der Waals surface area contributed by atoms with Crippen LogP contribution in [0.15, 0.2) is 12.4 Å². The van der Waals surface area contributed by atoms with E-state index in [4.69, 9.17) is 9.47 Å². The molecule has 0 unspecified atom stereocenters. The third kappa shape index (κ3) is 6.71. The zero-order valence-electron chi connectivity index (χ0n) is 11.9. The summed E-state index contributed by atoms with van der Waals surface area (Å²) in [5.41, 5.74) is 0.386. The van der Waals surface area contributed by atoms with E-state index in [9.17, 15) is 4.79 Å². The van der Waals surface area contributed by atoms with Crippen molar-refractivity contribution < 1.29 is 14.3 Å². The third-order valence-corrected chi connectivity index (χ3v) is 2.12. The minimum atomic E-state index is -0.478. The second-order valence-electron chi connectivity index (χ2n) is 5.08. The second-order valence-corrected chi connectivity index (χ2v) is 5.08. The SMILES string of the molecule is COCCc1cc(NCC(=O)OC(C)(C)C)ncn1. The summed E-state index contributed by atoms with van der Waals surface area (Å²) < 4.78 is 10.2. The molecule has 106 valence electrons. The highest BCUT2D eigenvalue weighted by molar-refractivity contribution is 5.74. The van der Waals surface area contributed by atoms with E-state index in [2.05, 4.69) is 15.3 Å². The van der Waals surface area contributed by atoms with Crippen LogP contribution >= 0.6 is 0 Å². The smallest absolute Gasteiger partial charge is 0.325 e. The van der Waals surface area contributed by atoms with Gasteiger partial charge >= 0.3 is 5.97 Å². The Kier molecular flexibility index (Phi) is 5.69. The third-order valence-electron chi connectivity index (χ3n) is 2.12. The number of esters is 1. The molecule has 1 rings (SSSR count). The van der Waals surface area contributed by atoms with E-state index in [1.165, 1.54) is 6.33 Å². The van der Waals surface area contributed by atoms with Crippen LogP contribution in [0.4, 0.5) is 5.82 Å². The summed E-state index contributed by atoms with van der Waals surface area (Å²) in [5, 5.41) is 2.92. The molecule has 0 aliphatic rings. The lowest BCUT2D eigenvalue weighted by atomic mass is 10.2. The predicted molar refractivity (Wildman–Crippen MR) is 71.9 cm³/mol. The highest BCUT2D eigenvalue weighted by Gasteiger charge is 2.15. The lowest BCUT2D eigenvalue weighted by molar-refractivity contribution is -0.152. The molecule has 1 N–H and O–H groups in total. The monoisotopic (exact) mass is 267 g/mol. The van der Waals surface area contributed by atoms with Crippen LogP contribution < -0.4 is 5.32 Å². The van der Waals surface area contributed by atoms with Crippen molar-refractivity contribution in [1.82, 2.24) is 9.97 Å². The highest BCUT2D eigenvalue weighted by Crippen LogP contribution is 2.08. The Hall–Kier alpha value is -1.69. The van der Waals surface area contributed by atoms with E-state index < -0.39 is 5.60 Å². The normalized spacial score (nSPS) is 11.2. The van der Waals surface area contributed by atoms with Gasteiger partial charge in [0, 0.05) is 25.3 Å². The molecule has 19 heavy (non-hydrogen) atoms. The Morgan fingerprint density at radius 3 is 2.74 bits per heavy atom. The number of nitrogens with one attached hydrogen (secondary N) is 1. The van der Waals surface area contributed by atoms with Gasteiger partial charge in [-0.15, -0.1) is 0 Å². The van der Waals surface area contributed by atoms with Crippen LogP contribution in [-0.2, 0) is 20.7 Å². The summed E-state index contributed by atoms with van der Waals surface area (Å²) in [4.78, 5) is 19.7. The molecule has 1 aromatic rings. The van der Waals surface area contributed by atoms with Crippen LogP contribution in [0.2, 0.25) is 0 Å². The van der Waals surface area contributed by atoms with Gasteiger partial charge in [-0.3, -0.25) is 4.79 Å². The zero-order chi connectivity index (χ0) is 14.3. The number of carbonyl (C=O) groups is 1. The molecule has 0 aliphatic heterocycles.